The molecule has 0 aliphatic rings. The molecule has 2 nitrogen and oxygen atoms in total. The van der Waals surface area contributed by atoms with Crippen LogP contribution < -0.4 is 4.74 Å². The molecule has 0 aromatic heterocycles. The molecular formula is C10H7F5O2. The van der Waals surface area contributed by atoms with Gasteiger partial charge in [0, 0.05) is 5.56 Å². The molecule has 1 aromatic carbocycles. The van der Waals surface area contributed by atoms with E-state index < -0.39 is 35.3 Å². The van der Waals surface area contributed by atoms with Crippen LogP contribution >= 0.6 is 0 Å². The number of halogens is 5. The van der Waals surface area contributed by atoms with Gasteiger partial charge in [-0.3, -0.25) is 4.79 Å². The topological polar surface area (TPSA) is 26.3 Å². The molecule has 0 saturated heterocycles. The van der Waals surface area contributed by atoms with Crippen molar-refractivity contribution in [2.45, 2.75) is 12.6 Å². The maximum atomic E-state index is 12.5. The molecule has 7 heteroatoms. The van der Waals surface area contributed by atoms with Gasteiger partial charge < -0.3 is 4.74 Å². The van der Waals surface area contributed by atoms with Crippen LogP contribution in [0.25, 0.3) is 0 Å². The van der Waals surface area contributed by atoms with Gasteiger partial charge in [0.15, 0.2) is 0 Å². The lowest BCUT2D eigenvalue weighted by atomic mass is 10.1. The van der Waals surface area contributed by atoms with Crippen LogP contribution in [-0.4, -0.2) is 19.3 Å². The Balaban J connectivity index is 3.28. The third-order valence-electron chi connectivity index (χ3n) is 1.99. The van der Waals surface area contributed by atoms with E-state index in [0.29, 0.717) is 6.07 Å². The number of hydrogen-bond acceptors (Lipinski definition) is 2. The Kier molecular flexibility index (Phi) is 3.69. The molecule has 0 bridgehead atoms. The third-order valence-corrected chi connectivity index (χ3v) is 1.99. The largest absolute Gasteiger partial charge is 0.496 e. The van der Waals surface area contributed by atoms with Crippen molar-refractivity contribution < 1.29 is 31.5 Å². The molecule has 0 atom stereocenters. The molecule has 0 amide bonds. The smallest absolute Gasteiger partial charge is 0.419 e. The molecule has 0 radical (unpaired) electrons. The zero-order valence-corrected chi connectivity index (χ0v) is 8.52. The number of hydrogen-bond donors (Lipinski definition) is 0. The van der Waals surface area contributed by atoms with E-state index in [1.807, 2.05) is 0 Å². The minimum atomic E-state index is -4.77. The predicted molar refractivity (Wildman–Crippen MR) is 48.3 cm³/mol. The van der Waals surface area contributed by atoms with Crippen LogP contribution in [0.15, 0.2) is 18.2 Å². The van der Waals surface area contributed by atoms with Crippen molar-refractivity contribution in [1.82, 2.24) is 0 Å². The number of Topliss-reactive ketones (excluding diaryl/α,β-unsaturated/α-hetero) is 1. The minimum Gasteiger partial charge on any atom is -0.496 e. The Morgan fingerprint density at radius 1 is 1.29 bits per heavy atom. The van der Waals surface area contributed by atoms with Crippen LogP contribution in [0.3, 0.4) is 0 Å². The highest BCUT2D eigenvalue weighted by molar-refractivity contribution is 5.98. The molecule has 94 valence electrons. The molecule has 0 heterocycles. The van der Waals surface area contributed by atoms with Gasteiger partial charge in [0.25, 0.3) is 0 Å². The minimum absolute atomic E-state index is 0.354. The molecule has 0 unspecified atom stereocenters. The van der Waals surface area contributed by atoms with E-state index in [-0.39, 0.29) is 0 Å². The standard InChI is InChI=1S/C10H7F5O2/c1-17-7-3-2-5(8(16)9(11)12)4-6(7)10(13,14)15/h2-4,9H,1H3. The normalized spacial score (nSPS) is 11.7. The second-order valence-electron chi connectivity index (χ2n) is 3.08. The number of methoxy groups -OCH3 is 1. The van der Waals surface area contributed by atoms with Crippen LogP contribution in [0.2, 0.25) is 0 Å². The van der Waals surface area contributed by atoms with Crippen molar-refractivity contribution >= 4 is 5.78 Å². The van der Waals surface area contributed by atoms with Gasteiger partial charge in [-0.15, -0.1) is 0 Å². The zero-order valence-electron chi connectivity index (χ0n) is 8.52. The Hall–Kier alpha value is -1.66. The molecule has 0 fully saturated rings. The van der Waals surface area contributed by atoms with E-state index >= 15 is 0 Å². The van der Waals surface area contributed by atoms with Gasteiger partial charge in [0.2, 0.25) is 5.78 Å². The van der Waals surface area contributed by atoms with Gasteiger partial charge in [-0.1, -0.05) is 0 Å². The number of ether oxygens (including phenoxy) is 1. The van der Waals surface area contributed by atoms with E-state index in [1.54, 1.807) is 0 Å². The Morgan fingerprint density at radius 3 is 2.29 bits per heavy atom. The lowest BCUT2D eigenvalue weighted by Crippen LogP contribution is -2.13. The van der Waals surface area contributed by atoms with Crippen LogP contribution in [0, 0.1) is 0 Å². The molecular weight excluding hydrogens is 247 g/mol. The summed E-state index contributed by atoms with van der Waals surface area (Å²) in [7, 11) is 1.01. The van der Waals surface area contributed by atoms with Crippen molar-refractivity contribution in [2.75, 3.05) is 7.11 Å². The highest BCUT2D eigenvalue weighted by atomic mass is 19.4. The summed E-state index contributed by atoms with van der Waals surface area (Å²) in [6.45, 7) is 0. The van der Waals surface area contributed by atoms with Crippen LogP contribution in [0.5, 0.6) is 5.75 Å². The van der Waals surface area contributed by atoms with Crippen LogP contribution in [-0.2, 0) is 6.18 Å². The van der Waals surface area contributed by atoms with E-state index in [0.717, 1.165) is 19.2 Å². The highest BCUT2D eigenvalue weighted by Gasteiger charge is 2.35. The van der Waals surface area contributed by atoms with E-state index in [4.69, 9.17) is 0 Å². The molecule has 0 N–H and O–H groups in total. The van der Waals surface area contributed by atoms with Crippen molar-refractivity contribution in [1.29, 1.82) is 0 Å². The van der Waals surface area contributed by atoms with Gasteiger partial charge >= 0.3 is 12.6 Å². The first-order chi connectivity index (χ1) is 7.77. The predicted octanol–water partition coefficient (Wildman–Crippen LogP) is 3.16. The van der Waals surface area contributed by atoms with Crippen LogP contribution in [0.4, 0.5) is 22.0 Å². The van der Waals surface area contributed by atoms with Crippen LogP contribution in [0.1, 0.15) is 15.9 Å². The summed E-state index contributed by atoms with van der Waals surface area (Å²) in [4.78, 5) is 10.9. The van der Waals surface area contributed by atoms with Crippen molar-refractivity contribution in [2.24, 2.45) is 0 Å². The maximum absolute atomic E-state index is 12.5. The quantitative estimate of drug-likeness (QED) is 0.611. The summed E-state index contributed by atoms with van der Waals surface area (Å²) >= 11 is 0. The Bertz CT molecular complexity index is 425. The fourth-order valence-electron chi connectivity index (χ4n) is 1.21. The molecule has 17 heavy (non-hydrogen) atoms. The van der Waals surface area contributed by atoms with Gasteiger partial charge in [0.05, 0.1) is 12.7 Å². The molecule has 1 rings (SSSR count). The first kappa shape index (κ1) is 13.4. The summed E-state index contributed by atoms with van der Waals surface area (Å²) < 4.78 is 66.1. The lowest BCUT2D eigenvalue weighted by molar-refractivity contribution is -0.138. The molecule has 0 aliphatic heterocycles. The second-order valence-corrected chi connectivity index (χ2v) is 3.08. The third kappa shape index (κ3) is 2.92. The summed E-state index contributed by atoms with van der Waals surface area (Å²) in [5.41, 5.74) is -1.96. The monoisotopic (exact) mass is 254 g/mol. The first-order valence-electron chi connectivity index (χ1n) is 4.35. The molecule has 0 aliphatic carbocycles. The van der Waals surface area contributed by atoms with Crippen molar-refractivity contribution in [3.8, 4) is 5.75 Å². The summed E-state index contributed by atoms with van der Waals surface area (Å²) in [5, 5.41) is 0. The Morgan fingerprint density at radius 2 is 1.88 bits per heavy atom. The molecule has 0 saturated carbocycles. The number of alkyl halides is 5. The Labute approximate surface area is 93.0 Å². The number of ketones is 1. The maximum Gasteiger partial charge on any atom is 0.419 e. The number of carbonyl (C=O) groups excluding carboxylic acids is 1. The first-order valence-corrected chi connectivity index (χ1v) is 4.35. The van der Waals surface area contributed by atoms with Gasteiger partial charge in [0.1, 0.15) is 5.75 Å². The summed E-state index contributed by atoms with van der Waals surface area (Å²) in [5.74, 6) is -2.18. The van der Waals surface area contributed by atoms with Gasteiger partial charge in [-0.25, -0.2) is 8.78 Å². The number of carbonyl (C=O) groups is 1. The second kappa shape index (κ2) is 4.68. The van der Waals surface area contributed by atoms with E-state index in [9.17, 15) is 26.7 Å². The van der Waals surface area contributed by atoms with E-state index in [1.165, 1.54) is 0 Å². The van der Waals surface area contributed by atoms with E-state index in [2.05, 4.69) is 4.74 Å². The molecule has 1 aromatic rings. The average molecular weight is 254 g/mol. The highest BCUT2D eigenvalue weighted by Crippen LogP contribution is 2.36. The fraction of sp³-hybridized carbons (Fsp3) is 0.300. The average Bonchev–Trinajstić information content (AvgIpc) is 2.25. The molecule has 0 spiro atoms. The zero-order chi connectivity index (χ0) is 13.2. The summed E-state index contributed by atoms with van der Waals surface area (Å²) in [6, 6.07) is 2.05. The van der Waals surface area contributed by atoms with Crippen molar-refractivity contribution in [3.05, 3.63) is 29.3 Å². The van der Waals surface area contributed by atoms with Gasteiger partial charge in [-0.05, 0) is 18.2 Å². The van der Waals surface area contributed by atoms with Crippen molar-refractivity contribution in [3.63, 3.8) is 0 Å². The summed E-state index contributed by atoms with van der Waals surface area (Å²) in [6.07, 6.45) is -8.12. The number of rotatable bonds is 3. The van der Waals surface area contributed by atoms with Gasteiger partial charge in [-0.2, -0.15) is 13.2 Å². The fourth-order valence-corrected chi connectivity index (χ4v) is 1.21. The SMILES string of the molecule is COc1ccc(C(=O)C(F)F)cc1C(F)(F)F. The number of benzene rings is 1. The lowest BCUT2D eigenvalue weighted by Gasteiger charge is -2.12.